The fraction of sp³-hybridized carbons (Fsp3) is 0.385. The summed E-state index contributed by atoms with van der Waals surface area (Å²) in [6.07, 6.45) is -0.678. The number of amides is 1. The average molecular weight is 267 g/mol. The molecule has 1 aliphatic heterocycles. The lowest BCUT2D eigenvalue weighted by molar-refractivity contribution is -0.137. The Bertz CT molecular complexity index is 502. The first kappa shape index (κ1) is 13.3. The minimum Gasteiger partial charge on any atom is -0.481 e. The number of cyclic esters (lactones) is 1. The summed E-state index contributed by atoms with van der Waals surface area (Å²) in [7, 11) is 0. The molecule has 1 saturated heterocycles. The maximum atomic E-state index is 12.9. The van der Waals surface area contributed by atoms with Crippen LogP contribution in [0.5, 0.6) is 0 Å². The van der Waals surface area contributed by atoms with Gasteiger partial charge >= 0.3 is 12.1 Å². The summed E-state index contributed by atoms with van der Waals surface area (Å²) in [5.41, 5.74) is -0.191. The molecule has 6 heteroatoms. The molecule has 0 radical (unpaired) electrons. The van der Waals surface area contributed by atoms with E-state index >= 15 is 0 Å². The van der Waals surface area contributed by atoms with E-state index in [0.29, 0.717) is 5.56 Å². The van der Waals surface area contributed by atoms with Crippen molar-refractivity contribution in [1.82, 2.24) is 4.90 Å². The third-order valence-electron chi connectivity index (χ3n) is 3.11. The van der Waals surface area contributed by atoms with Gasteiger partial charge in [0.1, 0.15) is 5.82 Å². The lowest BCUT2D eigenvalue weighted by Crippen LogP contribution is -2.30. The number of carboxylic acid groups (broad SMARTS) is 1. The molecule has 102 valence electrons. The number of carbonyl (C=O) groups excluding carboxylic acids is 1. The number of aliphatic carboxylic acids is 1. The van der Waals surface area contributed by atoms with Gasteiger partial charge in [-0.05, 0) is 24.6 Å². The number of benzene rings is 1. The molecule has 1 fully saturated rings. The second-order valence-electron chi connectivity index (χ2n) is 4.67. The third kappa shape index (κ3) is 2.83. The fourth-order valence-corrected chi connectivity index (χ4v) is 2.07. The molecule has 1 aromatic carbocycles. The standard InChI is InChI=1S/C13H14FNO4/c1-13(9-2-4-10(14)5-3-9)8-15(12(18)19-13)7-6-11(16)17/h2-5H,6-8H2,1H3,(H,16,17). The number of halogens is 1. The van der Waals surface area contributed by atoms with E-state index in [1.165, 1.54) is 17.0 Å². The number of hydrogen-bond acceptors (Lipinski definition) is 3. The highest BCUT2D eigenvalue weighted by Crippen LogP contribution is 2.32. The zero-order chi connectivity index (χ0) is 14.0. The highest BCUT2D eigenvalue weighted by Gasteiger charge is 2.42. The quantitative estimate of drug-likeness (QED) is 0.905. The van der Waals surface area contributed by atoms with Crippen LogP contribution in [0.1, 0.15) is 18.9 Å². The number of carbonyl (C=O) groups is 2. The van der Waals surface area contributed by atoms with E-state index in [2.05, 4.69) is 0 Å². The first-order valence-electron chi connectivity index (χ1n) is 5.86. The maximum Gasteiger partial charge on any atom is 0.410 e. The molecule has 1 heterocycles. The van der Waals surface area contributed by atoms with Crippen LogP contribution < -0.4 is 0 Å². The van der Waals surface area contributed by atoms with Crippen molar-refractivity contribution in [2.45, 2.75) is 18.9 Å². The van der Waals surface area contributed by atoms with E-state index in [1.54, 1.807) is 19.1 Å². The fourth-order valence-electron chi connectivity index (χ4n) is 2.07. The Hall–Kier alpha value is -2.11. The van der Waals surface area contributed by atoms with Crippen LogP contribution in [-0.4, -0.2) is 35.2 Å². The predicted molar refractivity (Wildman–Crippen MR) is 64.1 cm³/mol. The first-order chi connectivity index (χ1) is 8.90. The maximum absolute atomic E-state index is 12.9. The van der Waals surface area contributed by atoms with Crippen molar-refractivity contribution < 1.29 is 23.8 Å². The number of hydrogen-bond donors (Lipinski definition) is 1. The molecule has 5 nitrogen and oxygen atoms in total. The number of rotatable bonds is 4. The summed E-state index contributed by atoms with van der Waals surface area (Å²) < 4.78 is 18.2. The second-order valence-corrected chi connectivity index (χ2v) is 4.67. The van der Waals surface area contributed by atoms with E-state index in [9.17, 15) is 14.0 Å². The van der Waals surface area contributed by atoms with Gasteiger partial charge in [-0.2, -0.15) is 0 Å². The van der Waals surface area contributed by atoms with Crippen LogP contribution in [-0.2, 0) is 15.1 Å². The summed E-state index contributed by atoms with van der Waals surface area (Å²) in [5, 5.41) is 8.62. The van der Waals surface area contributed by atoms with Crippen molar-refractivity contribution >= 4 is 12.1 Å². The second kappa shape index (κ2) is 4.87. The molecule has 0 spiro atoms. The van der Waals surface area contributed by atoms with Crippen LogP contribution in [0.3, 0.4) is 0 Å². The van der Waals surface area contributed by atoms with E-state index in [1.807, 2.05) is 0 Å². The summed E-state index contributed by atoms with van der Waals surface area (Å²) in [4.78, 5) is 23.5. The lowest BCUT2D eigenvalue weighted by atomic mass is 9.96. The molecule has 0 aliphatic carbocycles. The van der Waals surface area contributed by atoms with Gasteiger partial charge in [0.25, 0.3) is 0 Å². The van der Waals surface area contributed by atoms with Gasteiger partial charge in [0.05, 0.1) is 13.0 Å². The van der Waals surface area contributed by atoms with Gasteiger partial charge in [-0.1, -0.05) is 12.1 Å². The van der Waals surface area contributed by atoms with Crippen molar-refractivity contribution in [3.05, 3.63) is 35.6 Å². The minimum atomic E-state index is -0.969. The van der Waals surface area contributed by atoms with Crippen LogP contribution in [0.2, 0.25) is 0 Å². The number of ether oxygens (including phenoxy) is 1. The molecule has 0 saturated carbocycles. The van der Waals surface area contributed by atoms with Gasteiger partial charge in [-0.25, -0.2) is 9.18 Å². The third-order valence-corrected chi connectivity index (χ3v) is 3.11. The Kier molecular flexibility index (Phi) is 3.42. The molecule has 1 amide bonds. The SMILES string of the molecule is CC1(c2ccc(F)cc2)CN(CCC(=O)O)C(=O)O1. The van der Waals surface area contributed by atoms with Crippen molar-refractivity contribution in [3.63, 3.8) is 0 Å². The molecule has 1 unspecified atom stereocenters. The molecule has 1 N–H and O–H groups in total. The van der Waals surface area contributed by atoms with Gasteiger partial charge in [0.2, 0.25) is 0 Å². The zero-order valence-electron chi connectivity index (χ0n) is 10.4. The Morgan fingerprint density at radius 2 is 2.11 bits per heavy atom. The normalized spacial score (nSPS) is 22.4. The zero-order valence-corrected chi connectivity index (χ0v) is 10.4. The van der Waals surface area contributed by atoms with Crippen molar-refractivity contribution in [2.75, 3.05) is 13.1 Å². The molecule has 1 atom stereocenters. The summed E-state index contributed by atoms with van der Waals surface area (Å²) in [6.45, 7) is 2.08. The van der Waals surface area contributed by atoms with Gasteiger partial charge in [0.15, 0.2) is 5.60 Å². The Labute approximate surface area is 109 Å². The van der Waals surface area contributed by atoms with Crippen LogP contribution in [0.4, 0.5) is 9.18 Å². The van der Waals surface area contributed by atoms with Crippen LogP contribution in [0.25, 0.3) is 0 Å². The van der Waals surface area contributed by atoms with Gasteiger partial charge in [0, 0.05) is 6.54 Å². The van der Waals surface area contributed by atoms with E-state index in [-0.39, 0.29) is 25.3 Å². The molecular weight excluding hydrogens is 253 g/mol. The highest BCUT2D eigenvalue weighted by molar-refractivity contribution is 5.73. The molecule has 0 aromatic heterocycles. The topological polar surface area (TPSA) is 66.8 Å². The average Bonchev–Trinajstić information content (AvgIpc) is 2.63. The summed E-state index contributed by atoms with van der Waals surface area (Å²) in [6, 6.07) is 5.72. The number of carboxylic acids is 1. The van der Waals surface area contributed by atoms with Crippen LogP contribution >= 0.6 is 0 Å². The van der Waals surface area contributed by atoms with E-state index in [4.69, 9.17) is 9.84 Å². The smallest absolute Gasteiger partial charge is 0.410 e. The van der Waals surface area contributed by atoms with Crippen molar-refractivity contribution in [1.29, 1.82) is 0 Å². The van der Waals surface area contributed by atoms with Gasteiger partial charge < -0.3 is 14.7 Å². The van der Waals surface area contributed by atoms with E-state index < -0.39 is 17.7 Å². The lowest BCUT2D eigenvalue weighted by Gasteiger charge is -2.22. The molecule has 2 rings (SSSR count). The van der Waals surface area contributed by atoms with Gasteiger partial charge in [-0.15, -0.1) is 0 Å². The van der Waals surface area contributed by atoms with Gasteiger partial charge in [-0.3, -0.25) is 4.79 Å². The van der Waals surface area contributed by atoms with Crippen LogP contribution in [0, 0.1) is 5.82 Å². The summed E-state index contributed by atoms with van der Waals surface area (Å²) in [5.74, 6) is -1.33. The molecule has 1 aromatic rings. The Morgan fingerprint density at radius 1 is 1.47 bits per heavy atom. The van der Waals surface area contributed by atoms with Crippen molar-refractivity contribution in [2.24, 2.45) is 0 Å². The monoisotopic (exact) mass is 267 g/mol. The molecule has 19 heavy (non-hydrogen) atoms. The minimum absolute atomic E-state index is 0.102. The number of nitrogens with zero attached hydrogens (tertiary/aromatic N) is 1. The van der Waals surface area contributed by atoms with E-state index in [0.717, 1.165) is 0 Å². The first-order valence-corrected chi connectivity index (χ1v) is 5.86. The highest BCUT2D eigenvalue weighted by atomic mass is 19.1. The van der Waals surface area contributed by atoms with Crippen molar-refractivity contribution in [3.8, 4) is 0 Å². The largest absolute Gasteiger partial charge is 0.481 e. The molecule has 0 bridgehead atoms. The molecule has 1 aliphatic rings. The molecular formula is C13H14FNO4. The Balaban J connectivity index is 2.11. The summed E-state index contributed by atoms with van der Waals surface area (Å²) >= 11 is 0. The Morgan fingerprint density at radius 3 is 2.68 bits per heavy atom. The van der Waals surface area contributed by atoms with Crippen LogP contribution in [0.15, 0.2) is 24.3 Å². The predicted octanol–water partition coefficient (Wildman–Crippen LogP) is 1.97.